The van der Waals surface area contributed by atoms with Crippen molar-refractivity contribution in [3.63, 3.8) is 0 Å². The molecule has 0 saturated carbocycles. The number of hydrogen-bond acceptors (Lipinski definition) is 2. The van der Waals surface area contributed by atoms with E-state index >= 15 is 0 Å². The predicted octanol–water partition coefficient (Wildman–Crippen LogP) is 1.82. The summed E-state index contributed by atoms with van der Waals surface area (Å²) in [5.41, 5.74) is -0.450. The maximum Gasteiger partial charge on any atom is 0.298 e. The number of nitrogens with zero attached hydrogens (tertiary/aromatic N) is 1. The largest absolute Gasteiger partial charge is 0.390 e. The van der Waals surface area contributed by atoms with E-state index in [1.165, 1.54) is 12.3 Å². The van der Waals surface area contributed by atoms with Gasteiger partial charge in [0, 0.05) is 6.20 Å². The van der Waals surface area contributed by atoms with Crippen molar-refractivity contribution >= 4 is 11.6 Å². The van der Waals surface area contributed by atoms with E-state index in [-0.39, 0.29) is 5.15 Å². The van der Waals surface area contributed by atoms with Gasteiger partial charge in [0.1, 0.15) is 11.8 Å². The van der Waals surface area contributed by atoms with Gasteiger partial charge in [0.2, 0.25) is 0 Å². The Hall–Kier alpha value is -0.740. The van der Waals surface area contributed by atoms with Crippen LogP contribution in [0.25, 0.3) is 0 Å². The second-order valence-corrected chi connectivity index (χ2v) is 2.56. The normalized spacial score (nSPS) is 11.7. The zero-order valence-electron chi connectivity index (χ0n) is 5.97. The zero-order valence-corrected chi connectivity index (χ0v) is 6.72. The van der Waals surface area contributed by atoms with Crippen LogP contribution >= 0.6 is 11.6 Å². The summed E-state index contributed by atoms with van der Waals surface area (Å²) in [6, 6.07) is 2.47. The molecule has 1 rings (SSSR count). The lowest BCUT2D eigenvalue weighted by Gasteiger charge is -2.13. The highest BCUT2D eigenvalue weighted by Crippen LogP contribution is 2.30. The van der Waals surface area contributed by atoms with Crippen LogP contribution in [0.4, 0.5) is 8.78 Å². The van der Waals surface area contributed by atoms with Crippen molar-refractivity contribution in [2.24, 2.45) is 0 Å². The van der Waals surface area contributed by atoms with Crippen LogP contribution in [-0.2, 0) is 5.92 Å². The van der Waals surface area contributed by atoms with Gasteiger partial charge in [-0.2, -0.15) is 8.78 Å². The first-order valence-electron chi connectivity index (χ1n) is 3.17. The number of rotatable bonds is 2. The third-order valence-electron chi connectivity index (χ3n) is 1.35. The summed E-state index contributed by atoms with van der Waals surface area (Å²) < 4.78 is 25.5. The maximum absolute atomic E-state index is 12.8. The van der Waals surface area contributed by atoms with Gasteiger partial charge in [-0.1, -0.05) is 11.6 Å². The number of aliphatic hydroxyl groups excluding tert-OH is 1. The minimum absolute atomic E-state index is 0.281. The molecule has 0 aromatic carbocycles. The number of aliphatic hydroxyl groups is 1. The predicted molar refractivity (Wildman–Crippen MR) is 40.2 cm³/mol. The molecule has 1 heterocycles. The quantitative estimate of drug-likeness (QED) is 0.727. The van der Waals surface area contributed by atoms with Crippen molar-refractivity contribution < 1.29 is 13.9 Å². The maximum atomic E-state index is 12.8. The van der Waals surface area contributed by atoms with Gasteiger partial charge in [0.25, 0.3) is 5.92 Å². The fourth-order valence-electron chi connectivity index (χ4n) is 0.744. The second-order valence-electron chi connectivity index (χ2n) is 2.20. The van der Waals surface area contributed by atoms with Crippen molar-refractivity contribution in [1.82, 2.24) is 4.98 Å². The van der Waals surface area contributed by atoms with Crippen LogP contribution in [0.2, 0.25) is 5.15 Å². The fourth-order valence-corrected chi connectivity index (χ4v) is 1.00. The van der Waals surface area contributed by atoms with Crippen LogP contribution in [0, 0.1) is 0 Å². The van der Waals surface area contributed by atoms with Gasteiger partial charge in [-0.15, -0.1) is 0 Å². The summed E-state index contributed by atoms with van der Waals surface area (Å²) in [7, 11) is 0. The molecule has 0 aliphatic rings. The van der Waals surface area contributed by atoms with E-state index in [0.29, 0.717) is 0 Å². The highest BCUT2D eigenvalue weighted by Gasteiger charge is 2.33. The summed E-state index contributed by atoms with van der Waals surface area (Å²) in [4.78, 5) is 3.47. The van der Waals surface area contributed by atoms with Crippen LogP contribution in [0.3, 0.4) is 0 Å². The molecule has 2 nitrogen and oxygen atoms in total. The average Bonchev–Trinajstić information content (AvgIpc) is 2.05. The molecule has 1 aromatic heterocycles. The molecule has 0 atom stereocenters. The fraction of sp³-hybridized carbons (Fsp3) is 0.286. The molecule has 12 heavy (non-hydrogen) atoms. The van der Waals surface area contributed by atoms with E-state index < -0.39 is 18.1 Å². The van der Waals surface area contributed by atoms with Gasteiger partial charge in [-0.3, -0.25) is 0 Å². The van der Waals surface area contributed by atoms with Crippen molar-refractivity contribution in [2.75, 3.05) is 6.61 Å². The topological polar surface area (TPSA) is 33.1 Å². The standard InChI is InChI=1S/C7H6ClF2NO/c8-6-5(2-1-3-11-6)7(9,10)4-12/h1-3,12H,4H2. The van der Waals surface area contributed by atoms with Gasteiger partial charge < -0.3 is 5.11 Å². The van der Waals surface area contributed by atoms with E-state index in [2.05, 4.69) is 4.98 Å². The number of aromatic nitrogens is 1. The molecule has 0 spiro atoms. The molecule has 66 valence electrons. The summed E-state index contributed by atoms with van der Waals surface area (Å²) in [5.74, 6) is -3.31. The van der Waals surface area contributed by atoms with E-state index in [1.54, 1.807) is 0 Å². The monoisotopic (exact) mass is 193 g/mol. The molecule has 1 N–H and O–H groups in total. The van der Waals surface area contributed by atoms with Crippen LogP contribution in [0.15, 0.2) is 18.3 Å². The Morgan fingerprint density at radius 1 is 1.58 bits per heavy atom. The average molecular weight is 194 g/mol. The minimum Gasteiger partial charge on any atom is -0.390 e. The molecular formula is C7H6ClF2NO. The number of pyridine rings is 1. The molecule has 0 unspecified atom stereocenters. The molecule has 0 amide bonds. The van der Waals surface area contributed by atoms with Crippen LogP contribution in [0.1, 0.15) is 5.56 Å². The van der Waals surface area contributed by atoms with Crippen LogP contribution in [0.5, 0.6) is 0 Å². The number of alkyl halides is 2. The Bertz CT molecular complexity index is 280. The van der Waals surface area contributed by atoms with Gasteiger partial charge in [0.05, 0.1) is 5.56 Å². The smallest absolute Gasteiger partial charge is 0.298 e. The molecule has 0 fully saturated rings. The lowest BCUT2D eigenvalue weighted by Crippen LogP contribution is -2.19. The van der Waals surface area contributed by atoms with Crippen molar-refractivity contribution in [2.45, 2.75) is 5.92 Å². The van der Waals surface area contributed by atoms with Gasteiger partial charge in [-0.05, 0) is 12.1 Å². The summed E-state index contributed by atoms with van der Waals surface area (Å²) >= 11 is 5.39. The Balaban J connectivity index is 3.10. The molecule has 0 aliphatic heterocycles. The van der Waals surface area contributed by atoms with E-state index in [1.807, 2.05) is 0 Å². The summed E-state index contributed by atoms with van der Waals surface area (Å²) in [5, 5.41) is 8.05. The van der Waals surface area contributed by atoms with Gasteiger partial charge >= 0.3 is 0 Å². The van der Waals surface area contributed by atoms with Crippen molar-refractivity contribution in [3.8, 4) is 0 Å². The van der Waals surface area contributed by atoms with E-state index in [0.717, 1.165) is 6.07 Å². The first-order chi connectivity index (χ1) is 5.58. The second kappa shape index (κ2) is 3.33. The molecule has 0 bridgehead atoms. The SMILES string of the molecule is OCC(F)(F)c1cccnc1Cl. The Labute approximate surface area is 72.8 Å². The van der Waals surface area contributed by atoms with Crippen molar-refractivity contribution in [3.05, 3.63) is 29.0 Å². The van der Waals surface area contributed by atoms with Crippen molar-refractivity contribution in [1.29, 1.82) is 0 Å². The Morgan fingerprint density at radius 2 is 2.25 bits per heavy atom. The van der Waals surface area contributed by atoms with Crippen LogP contribution in [-0.4, -0.2) is 16.7 Å². The first kappa shape index (κ1) is 9.35. The van der Waals surface area contributed by atoms with E-state index in [4.69, 9.17) is 16.7 Å². The molecular weight excluding hydrogens is 188 g/mol. The molecule has 0 saturated heterocycles. The molecule has 1 aromatic rings. The van der Waals surface area contributed by atoms with Crippen LogP contribution < -0.4 is 0 Å². The minimum atomic E-state index is -3.31. The number of hydrogen-bond donors (Lipinski definition) is 1. The highest BCUT2D eigenvalue weighted by atomic mass is 35.5. The van der Waals surface area contributed by atoms with Gasteiger partial charge in [0.15, 0.2) is 0 Å². The molecule has 0 radical (unpaired) electrons. The third-order valence-corrected chi connectivity index (χ3v) is 1.65. The highest BCUT2D eigenvalue weighted by molar-refractivity contribution is 6.30. The first-order valence-corrected chi connectivity index (χ1v) is 3.55. The third kappa shape index (κ3) is 1.70. The number of halogens is 3. The zero-order chi connectivity index (χ0) is 9.19. The summed E-state index contributed by atoms with van der Waals surface area (Å²) in [6.07, 6.45) is 1.30. The van der Waals surface area contributed by atoms with E-state index in [9.17, 15) is 8.78 Å². The lowest BCUT2D eigenvalue weighted by atomic mass is 10.1. The Morgan fingerprint density at radius 3 is 2.75 bits per heavy atom. The summed E-state index contributed by atoms with van der Waals surface area (Å²) in [6.45, 7) is -1.27. The molecule has 5 heteroatoms. The van der Waals surface area contributed by atoms with Gasteiger partial charge in [-0.25, -0.2) is 4.98 Å². The Kier molecular flexibility index (Phi) is 2.59. The lowest BCUT2D eigenvalue weighted by molar-refractivity contribution is -0.0557. The molecule has 0 aliphatic carbocycles.